The van der Waals surface area contributed by atoms with Gasteiger partial charge >= 0.3 is 0 Å². The van der Waals surface area contributed by atoms with E-state index in [1.807, 2.05) is 24.3 Å². The van der Waals surface area contributed by atoms with Crippen LogP contribution in [0.5, 0.6) is 11.5 Å². The summed E-state index contributed by atoms with van der Waals surface area (Å²) in [6.45, 7) is 10.7. The molecule has 52 heavy (non-hydrogen) atoms. The Morgan fingerprint density at radius 1 is 0.635 bits per heavy atom. The first kappa shape index (κ1) is 36.5. The van der Waals surface area contributed by atoms with Gasteiger partial charge in [-0.3, -0.25) is 0 Å². The van der Waals surface area contributed by atoms with Crippen molar-refractivity contribution in [1.82, 2.24) is 0 Å². The average Bonchev–Trinajstić information content (AvgIpc) is 3.17. The van der Waals surface area contributed by atoms with Crippen molar-refractivity contribution in [3.63, 3.8) is 0 Å². The average molecular weight is 699 g/mol. The minimum absolute atomic E-state index is 0.0472. The summed E-state index contributed by atoms with van der Waals surface area (Å²) in [5, 5.41) is 10.1. The van der Waals surface area contributed by atoms with E-state index in [0.717, 1.165) is 56.4 Å². The molecule has 8 rings (SSSR count). The molecule has 0 heterocycles. The van der Waals surface area contributed by atoms with Gasteiger partial charge in [0.2, 0.25) is 0 Å². The molecule has 0 saturated heterocycles. The molecule has 2 fully saturated rings. The number of ether oxygens (including phenoxy) is 2. The Morgan fingerprint density at radius 3 is 1.62 bits per heavy atom. The van der Waals surface area contributed by atoms with Gasteiger partial charge in [0.15, 0.2) is 0 Å². The molecule has 4 aliphatic carbocycles. The highest BCUT2D eigenvalue weighted by Gasteiger charge is 2.53. The third-order valence-electron chi connectivity index (χ3n) is 14.0. The maximum atomic E-state index is 11.9. The van der Waals surface area contributed by atoms with Crippen molar-refractivity contribution in [3.8, 4) is 11.5 Å². The SMILES string of the molecule is C[C@]1(C=O)CCC[C@]2(C)c3cc(OCc4ccccc4)ccc3CC[C@@H]12.C[C@]1(CO)CCC[C@]2(C)c3cc(OCc4ccccc4)ccc3CC[C@@H]12. The van der Waals surface area contributed by atoms with E-state index in [9.17, 15) is 9.90 Å². The molecule has 274 valence electrons. The number of aliphatic hydroxyl groups excluding tert-OH is 1. The zero-order valence-corrected chi connectivity index (χ0v) is 31.8. The van der Waals surface area contributed by atoms with E-state index in [0.29, 0.717) is 31.7 Å². The Hall–Kier alpha value is -3.89. The molecule has 0 unspecified atom stereocenters. The summed E-state index contributed by atoms with van der Waals surface area (Å²) in [6, 6.07) is 33.9. The van der Waals surface area contributed by atoms with Crippen LogP contribution >= 0.6 is 0 Å². The van der Waals surface area contributed by atoms with E-state index < -0.39 is 0 Å². The molecular weight excluding hydrogens is 641 g/mol. The number of benzene rings is 4. The maximum Gasteiger partial charge on any atom is 0.126 e. The molecule has 4 heteroatoms. The lowest BCUT2D eigenvalue weighted by molar-refractivity contribution is -0.123. The highest BCUT2D eigenvalue weighted by atomic mass is 16.5. The first-order valence-corrected chi connectivity index (χ1v) is 19.8. The summed E-state index contributed by atoms with van der Waals surface area (Å²) in [4.78, 5) is 11.9. The fourth-order valence-corrected chi connectivity index (χ4v) is 11.1. The number of aliphatic hydroxyl groups is 1. The number of fused-ring (bicyclic) bond motifs is 6. The minimum atomic E-state index is -0.189. The van der Waals surface area contributed by atoms with Gasteiger partial charge in [-0.2, -0.15) is 0 Å². The van der Waals surface area contributed by atoms with Gasteiger partial charge in [-0.25, -0.2) is 0 Å². The van der Waals surface area contributed by atoms with Gasteiger partial charge in [0, 0.05) is 12.0 Å². The fraction of sp³-hybridized carbons (Fsp3) is 0.479. The van der Waals surface area contributed by atoms with Crippen molar-refractivity contribution in [2.45, 2.75) is 116 Å². The topological polar surface area (TPSA) is 55.8 Å². The maximum absolute atomic E-state index is 11.9. The first-order chi connectivity index (χ1) is 25.1. The number of aryl methyl sites for hydroxylation is 2. The Balaban J connectivity index is 0.000000162. The number of rotatable bonds is 8. The van der Waals surface area contributed by atoms with Crippen LogP contribution in [-0.2, 0) is 41.7 Å². The highest BCUT2D eigenvalue weighted by molar-refractivity contribution is 5.61. The Bertz CT molecular complexity index is 1840. The van der Waals surface area contributed by atoms with Crippen molar-refractivity contribution in [2.75, 3.05) is 6.61 Å². The summed E-state index contributed by atoms with van der Waals surface area (Å²) >= 11 is 0. The van der Waals surface area contributed by atoms with E-state index >= 15 is 0 Å². The fourth-order valence-electron chi connectivity index (χ4n) is 11.1. The number of aldehydes is 1. The molecule has 0 aliphatic heterocycles. The second-order valence-electron chi connectivity index (χ2n) is 17.3. The van der Waals surface area contributed by atoms with Crippen LogP contribution in [0, 0.1) is 22.7 Å². The molecule has 2 saturated carbocycles. The monoisotopic (exact) mass is 698 g/mol. The molecule has 6 atom stereocenters. The zero-order chi connectivity index (χ0) is 36.4. The normalized spacial score (nSPS) is 30.2. The summed E-state index contributed by atoms with van der Waals surface area (Å²) in [5.41, 5.74) is 8.23. The quantitative estimate of drug-likeness (QED) is 0.186. The van der Waals surface area contributed by atoms with Crippen molar-refractivity contribution < 1.29 is 19.4 Å². The molecular formula is C48H58O4. The van der Waals surface area contributed by atoms with Gasteiger partial charge in [0.25, 0.3) is 0 Å². The molecule has 0 aromatic heterocycles. The molecule has 0 spiro atoms. The van der Waals surface area contributed by atoms with Crippen LogP contribution in [0.4, 0.5) is 0 Å². The van der Waals surface area contributed by atoms with E-state index in [-0.39, 0.29) is 21.7 Å². The van der Waals surface area contributed by atoms with Crippen LogP contribution in [0.3, 0.4) is 0 Å². The molecule has 0 bridgehead atoms. The molecule has 4 nitrogen and oxygen atoms in total. The lowest BCUT2D eigenvalue weighted by Gasteiger charge is -2.55. The molecule has 0 amide bonds. The van der Waals surface area contributed by atoms with E-state index in [1.54, 1.807) is 0 Å². The first-order valence-electron chi connectivity index (χ1n) is 19.8. The van der Waals surface area contributed by atoms with Crippen LogP contribution in [0.15, 0.2) is 97.1 Å². The third-order valence-corrected chi connectivity index (χ3v) is 14.0. The van der Waals surface area contributed by atoms with Gasteiger partial charge < -0.3 is 19.4 Å². The molecule has 4 aliphatic rings. The lowest BCUT2D eigenvalue weighted by atomic mass is 9.50. The summed E-state index contributed by atoms with van der Waals surface area (Å²) < 4.78 is 12.2. The predicted octanol–water partition coefficient (Wildman–Crippen LogP) is 10.7. The third kappa shape index (κ3) is 6.96. The standard InChI is InChI=1S/C24H30O2.C24H28O2/c2*1-23(17-25)13-6-14-24(2)21-15-20(11-9-19(21)10-12-22(23)24)26-16-18-7-4-3-5-8-18/h3-5,7-9,11,15,22,25H,6,10,12-14,16-17H2,1-2H3;3-5,7-9,11,15,17,22H,6,10,12-14,16H2,1-2H3/t2*22-,23+,24+/m00/s1. The largest absolute Gasteiger partial charge is 0.489 e. The van der Waals surface area contributed by atoms with Gasteiger partial charge in [-0.1, -0.05) is 113 Å². The van der Waals surface area contributed by atoms with Gasteiger partial charge in [-0.05, 0) is 137 Å². The van der Waals surface area contributed by atoms with Gasteiger partial charge in [0.1, 0.15) is 31.0 Å². The summed E-state index contributed by atoms with van der Waals surface area (Å²) in [6.07, 6.45) is 12.6. The Labute approximate surface area is 312 Å². The van der Waals surface area contributed by atoms with E-state index in [1.165, 1.54) is 58.9 Å². The van der Waals surface area contributed by atoms with Crippen molar-refractivity contribution in [3.05, 3.63) is 130 Å². The van der Waals surface area contributed by atoms with Crippen molar-refractivity contribution >= 4 is 6.29 Å². The van der Waals surface area contributed by atoms with Crippen LogP contribution in [0.2, 0.25) is 0 Å². The van der Waals surface area contributed by atoms with E-state index in [2.05, 4.69) is 100 Å². The Morgan fingerprint density at radius 2 is 1.12 bits per heavy atom. The van der Waals surface area contributed by atoms with Crippen LogP contribution < -0.4 is 9.47 Å². The van der Waals surface area contributed by atoms with Crippen molar-refractivity contribution in [2.24, 2.45) is 22.7 Å². The highest BCUT2D eigenvalue weighted by Crippen LogP contribution is 2.58. The minimum Gasteiger partial charge on any atom is -0.489 e. The van der Waals surface area contributed by atoms with Crippen LogP contribution in [0.1, 0.15) is 112 Å². The number of carbonyl (C=O) groups excluding carboxylic acids is 1. The summed E-state index contributed by atoms with van der Waals surface area (Å²) in [7, 11) is 0. The lowest BCUT2D eigenvalue weighted by Crippen LogP contribution is -2.50. The van der Waals surface area contributed by atoms with E-state index in [4.69, 9.17) is 9.47 Å². The Kier molecular flexibility index (Phi) is 10.4. The molecule has 1 N–H and O–H groups in total. The smallest absolute Gasteiger partial charge is 0.126 e. The second kappa shape index (κ2) is 14.9. The number of hydrogen-bond acceptors (Lipinski definition) is 4. The molecule has 4 aromatic rings. The molecule has 0 radical (unpaired) electrons. The second-order valence-corrected chi connectivity index (χ2v) is 17.3. The van der Waals surface area contributed by atoms with Crippen LogP contribution in [0.25, 0.3) is 0 Å². The molecule has 4 aromatic carbocycles. The van der Waals surface area contributed by atoms with Crippen LogP contribution in [-0.4, -0.2) is 18.0 Å². The predicted molar refractivity (Wildman–Crippen MR) is 210 cm³/mol. The zero-order valence-electron chi connectivity index (χ0n) is 31.8. The number of hydrogen-bond donors (Lipinski definition) is 1. The van der Waals surface area contributed by atoms with Crippen molar-refractivity contribution in [1.29, 1.82) is 0 Å². The van der Waals surface area contributed by atoms with Gasteiger partial charge in [0.05, 0.1) is 0 Å². The summed E-state index contributed by atoms with van der Waals surface area (Å²) in [5.74, 6) is 2.88. The van der Waals surface area contributed by atoms with Gasteiger partial charge in [-0.15, -0.1) is 0 Å². The number of carbonyl (C=O) groups is 1.